The van der Waals surface area contributed by atoms with Crippen LogP contribution in [0.3, 0.4) is 0 Å². The Labute approximate surface area is 86.8 Å². The van der Waals surface area contributed by atoms with Crippen LogP contribution in [0.15, 0.2) is 18.3 Å². The summed E-state index contributed by atoms with van der Waals surface area (Å²) in [6, 6.07) is 4.19. The third kappa shape index (κ3) is 3.88. The molecule has 0 aliphatic heterocycles. The van der Waals surface area contributed by atoms with E-state index in [1.807, 2.05) is 13.1 Å². The highest BCUT2D eigenvalue weighted by Crippen LogP contribution is 2.01. The molecule has 78 valence electrons. The minimum Gasteiger partial charge on any atom is -0.312 e. The Kier molecular flexibility index (Phi) is 4.60. The molecule has 0 spiro atoms. The summed E-state index contributed by atoms with van der Waals surface area (Å²) in [4.78, 5) is 4.26. The lowest BCUT2D eigenvalue weighted by molar-refractivity contribution is 0.499. The molecule has 14 heavy (non-hydrogen) atoms. The quantitative estimate of drug-likeness (QED) is 0.775. The van der Waals surface area contributed by atoms with E-state index in [1.54, 1.807) is 0 Å². The first-order chi connectivity index (χ1) is 6.72. The number of hydrogen-bond donors (Lipinski definition) is 1. The Morgan fingerprint density at radius 1 is 1.43 bits per heavy atom. The molecule has 0 saturated carbocycles. The van der Waals surface area contributed by atoms with Crippen LogP contribution in [-0.4, -0.2) is 11.5 Å². The van der Waals surface area contributed by atoms with Gasteiger partial charge in [0.1, 0.15) is 0 Å². The highest BCUT2D eigenvalue weighted by Gasteiger charge is 1.98. The standard InChI is InChI=1S/C12H20N2/c1-4-10(2)7-13-8-12-6-5-11(3)14-9-12/h5-6,9-10,13H,4,7-8H2,1-3H3. The van der Waals surface area contributed by atoms with Crippen molar-refractivity contribution >= 4 is 0 Å². The highest BCUT2D eigenvalue weighted by atomic mass is 14.9. The first kappa shape index (κ1) is 11.2. The lowest BCUT2D eigenvalue weighted by Gasteiger charge is -2.09. The molecule has 0 amide bonds. The summed E-state index contributed by atoms with van der Waals surface area (Å²) in [6.45, 7) is 8.51. The van der Waals surface area contributed by atoms with Crippen LogP contribution >= 0.6 is 0 Å². The maximum absolute atomic E-state index is 4.26. The average Bonchev–Trinajstić information content (AvgIpc) is 2.21. The van der Waals surface area contributed by atoms with Crippen molar-refractivity contribution in [2.24, 2.45) is 5.92 Å². The minimum absolute atomic E-state index is 0.758. The Balaban J connectivity index is 2.28. The lowest BCUT2D eigenvalue weighted by Crippen LogP contribution is -2.20. The van der Waals surface area contributed by atoms with Crippen LogP contribution in [0.5, 0.6) is 0 Å². The topological polar surface area (TPSA) is 24.9 Å². The van der Waals surface area contributed by atoms with Crippen LogP contribution < -0.4 is 5.32 Å². The Bertz CT molecular complexity index is 254. The smallest absolute Gasteiger partial charge is 0.0372 e. The summed E-state index contributed by atoms with van der Waals surface area (Å²) in [7, 11) is 0. The Morgan fingerprint density at radius 3 is 2.79 bits per heavy atom. The fourth-order valence-electron chi connectivity index (χ4n) is 1.21. The van der Waals surface area contributed by atoms with Gasteiger partial charge in [0, 0.05) is 18.4 Å². The lowest BCUT2D eigenvalue weighted by atomic mass is 10.1. The molecule has 0 saturated heterocycles. The summed E-state index contributed by atoms with van der Waals surface area (Å²) in [6.07, 6.45) is 3.18. The van der Waals surface area contributed by atoms with Crippen LogP contribution in [0.2, 0.25) is 0 Å². The fourth-order valence-corrected chi connectivity index (χ4v) is 1.21. The molecular formula is C12H20N2. The summed E-state index contributed by atoms with van der Waals surface area (Å²) in [5.74, 6) is 0.758. The molecule has 1 N–H and O–H groups in total. The van der Waals surface area contributed by atoms with Crippen LogP contribution in [0.25, 0.3) is 0 Å². The highest BCUT2D eigenvalue weighted by molar-refractivity contribution is 5.12. The molecular weight excluding hydrogens is 172 g/mol. The molecule has 0 aliphatic rings. The van der Waals surface area contributed by atoms with Crippen molar-refractivity contribution < 1.29 is 0 Å². The van der Waals surface area contributed by atoms with E-state index in [2.05, 4.69) is 36.3 Å². The second-order valence-electron chi connectivity index (χ2n) is 3.95. The molecule has 0 radical (unpaired) electrons. The largest absolute Gasteiger partial charge is 0.312 e. The number of pyridine rings is 1. The van der Waals surface area contributed by atoms with Gasteiger partial charge in [-0.2, -0.15) is 0 Å². The molecule has 1 atom stereocenters. The number of rotatable bonds is 5. The molecule has 0 aromatic carbocycles. The third-order valence-corrected chi connectivity index (χ3v) is 2.49. The molecule has 0 aliphatic carbocycles. The van der Waals surface area contributed by atoms with Gasteiger partial charge in [-0.25, -0.2) is 0 Å². The summed E-state index contributed by atoms with van der Waals surface area (Å²) in [5, 5.41) is 3.43. The maximum atomic E-state index is 4.26. The van der Waals surface area contributed by atoms with Gasteiger partial charge in [0.05, 0.1) is 0 Å². The third-order valence-electron chi connectivity index (χ3n) is 2.49. The molecule has 0 fully saturated rings. The zero-order valence-corrected chi connectivity index (χ0v) is 9.38. The molecule has 0 bridgehead atoms. The maximum Gasteiger partial charge on any atom is 0.0372 e. The van der Waals surface area contributed by atoms with Gasteiger partial charge in [-0.05, 0) is 31.0 Å². The van der Waals surface area contributed by atoms with Crippen molar-refractivity contribution in [1.82, 2.24) is 10.3 Å². The van der Waals surface area contributed by atoms with Gasteiger partial charge < -0.3 is 5.32 Å². The van der Waals surface area contributed by atoms with E-state index in [1.165, 1.54) is 12.0 Å². The van der Waals surface area contributed by atoms with Crippen LogP contribution in [-0.2, 0) is 6.54 Å². The van der Waals surface area contributed by atoms with Gasteiger partial charge >= 0.3 is 0 Å². The number of hydrogen-bond acceptors (Lipinski definition) is 2. The first-order valence-electron chi connectivity index (χ1n) is 5.34. The van der Waals surface area contributed by atoms with E-state index < -0.39 is 0 Å². The molecule has 1 heterocycles. The van der Waals surface area contributed by atoms with E-state index in [0.717, 1.165) is 24.7 Å². The fraction of sp³-hybridized carbons (Fsp3) is 0.583. The Morgan fingerprint density at radius 2 is 2.21 bits per heavy atom. The van der Waals surface area contributed by atoms with Gasteiger partial charge in [0.25, 0.3) is 0 Å². The van der Waals surface area contributed by atoms with Gasteiger partial charge in [-0.1, -0.05) is 26.3 Å². The molecule has 1 unspecified atom stereocenters. The number of nitrogens with zero attached hydrogens (tertiary/aromatic N) is 1. The van der Waals surface area contributed by atoms with Crippen molar-refractivity contribution in [2.45, 2.75) is 33.7 Å². The molecule has 1 aromatic rings. The monoisotopic (exact) mass is 192 g/mol. The van der Waals surface area contributed by atoms with Crippen molar-refractivity contribution in [3.05, 3.63) is 29.6 Å². The summed E-state index contributed by atoms with van der Waals surface area (Å²) < 4.78 is 0. The van der Waals surface area contributed by atoms with E-state index in [-0.39, 0.29) is 0 Å². The van der Waals surface area contributed by atoms with Crippen LogP contribution in [0.4, 0.5) is 0 Å². The SMILES string of the molecule is CCC(C)CNCc1ccc(C)nc1. The molecule has 1 rings (SSSR count). The van der Waals surface area contributed by atoms with Gasteiger partial charge in [0.2, 0.25) is 0 Å². The zero-order valence-electron chi connectivity index (χ0n) is 9.38. The van der Waals surface area contributed by atoms with Crippen molar-refractivity contribution in [3.8, 4) is 0 Å². The minimum atomic E-state index is 0.758. The second-order valence-corrected chi connectivity index (χ2v) is 3.95. The van der Waals surface area contributed by atoms with Crippen molar-refractivity contribution in [3.63, 3.8) is 0 Å². The van der Waals surface area contributed by atoms with Gasteiger partial charge in [-0.3, -0.25) is 4.98 Å². The second kappa shape index (κ2) is 5.76. The summed E-state index contributed by atoms with van der Waals surface area (Å²) in [5.41, 5.74) is 2.34. The number of nitrogens with one attached hydrogen (secondary N) is 1. The van der Waals surface area contributed by atoms with E-state index in [4.69, 9.17) is 0 Å². The van der Waals surface area contributed by atoms with Gasteiger partial charge in [-0.15, -0.1) is 0 Å². The Hall–Kier alpha value is -0.890. The van der Waals surface area contributed by atoms with Crippen molar-refractivity contribution in [2.75, 3.05) is 6.54 Å². The zero-order chi connectivity index (χ0) is 10.4. The summed E-state index contributed by atoms with van der Waals surface area (Å²) >= 11 is 0. The first-order valence-corrected chi connectivity index (χ1v) is 5.34. The molecule has 1 aromatic heterocycles. The van der Waals surface area contributed by atoms with E-state index in [9.17, 15) is 0 Å². The molecule has 2 heteroatoms. The van der Waals surface area contributed by atoms with E-state index in [0.29, 0.717) is 0 Å². The van der Waals surface area contributed by atoms with Crippen molar-refractivity contribution in [1.29, 1.82) is 0 Å². The number of aromatic nitrogens is 1. The predicted molar refractivity (Wildman–Crippen MR) is 60.1 cm³/mol. The van der Waals surface area contributed by atoms with E-state index >= 15 is 0 Å². The predicted octanol–water partition coefficient (Wildman–Crippen LogP) is 2.53. The number of aryl methyl sites for hydroxylation is 1. The molecule has 2 nitrogen and oxygen atoms in total. The van der Waals surface area contributed by atoms with Gasteiger partial charge in [0.15, 0.2) is 0 Å². The normalized spacial score (nSPS) is 12.8. The average molecular weight is 192 g/mol. The van der Waals surface area contributed by atoms with Crippen LogP contribution in [0, 0.1) is 12.8 Å². The van der Waals surface area contributed by atoms with Crippen LogP contribution in [0.1, 0.15) is 31.5 Å².